The van der Waals surface area contributed by atoms with Crippen LogP contribution in [0.25, 0.3) is 22.2 Å². The van der Waals surface area contributed by atoms with E-state index < -0.39 is 0 Å². The minimum absolute atomic E-state index is 1.03. The van der Waals surface area contributed by atoms with Crippen molar-refractivity contribution in [2.45, 2.75) is 20.3 Å². The zero-order chi connectivity index (χ0) is 13.2. The van der Waals surface area contributed by atoms with Crippen LogP contribution in [0.2, 0.25) is 0 Å². The minimum Gasteiger partial charge on any atom is -0.248 e. The van der Waals surface area contributed by atoms with Crippen LogP contribution in [-0.2, 0) is 6.42 Å². The number of fused-ring (bicyclic) bond motifs is 1. The maximum absolute atomic E-state index is 4.80. The zero-order valence-corrected chi connectivity index (χ0v) is 11.4. The van der Waals surface area contributed by atoms with E-state index in [9.17, 15) is 0 Å². The van der Waals surface area contributed by atoms with Gasteiger partial charge >= 0.3 is 0 Å². The van der Waals surface area contributed by atoms with Gasteiger partial charge in [-0.05, 0) is 37.1 Å². The highest BCUT2D eigenvalue weighted by Crippen LogP contribution is 2.25. The van der Waals surface area contributed by atoms with Crippen LogP contribution < -0.4 is 0 Å². The first kappa shape index (κ1) is 11.9. The van der Waals surface area contributed by atoms with Crippen LogP contribution >= 0.6 is 0 Å². The molecule has 0 N–H and O–H groups in total. The molecule has 1 nitrogen and oxygen atoms in total. The van der Waals surface area contributed by atoms with Crippen LogP contribution in [-0.4, -0.2) is 4.98 Å². The van der Waals surface area contributed by atoms with Crippen molar-refractivity contribution in [2.24, 2.45) is 0 Å². The molecule has 94 valence electrons. The fourth-order valence-electron chi connectivity index (χ4n) is 2.46. The summed E-state index contributed by atoms with van der Waals surface area (Å²) in [7, 11) is 0. The van der Waals surface area contributed by atoms with Gasteiger partial charge in [-0.1, -0.05) is 48.9 Å². The van der Waals surface area contributed by atoms with E-state index in [1.807, 2.05) is 6.07 Å². The first-order valence-electron chi connectivity index (χ1n) is 6.73. The first-order chi connectivity index (χ1) is 9.28. The molecule has 3 aromatic rings. The molecule has 1 aromatic heterocycles. The number of hydrogen-bond donors (Lipinski definition) is 0. The fraction of sp³-hybridized carbons (Fsp3) is 0.167. The number of aromatic nitrogens is 1. The highest BCUT2D eigenvalue weighted by Gasteiger charge is 2.06. The van der Waals surface area contributed by atoms with Gasteiger partial charge in [0.1, 0.15) is 0 Å². The van der Waals surface area contributed by atoms with Crippen LogP contribution in [0.15, 0.2) is 54.6 Å². The summed E-state index contributed by atoms with van der Waals surface area (Å²) in [5, 5.41) is 1.28. The molecule has 19 heavy (non-hydrogen) atoms. The predicted octanol–water partition coefficient (Wildman–Crippen LogP) is 4.77. The largest absolute Gasteiger partial charge is 0.248 e. The summed E-state index contributed by atoms with van der Waals surface area (Å²) < 4.78 is 0. The van der Waals surface area contributed by atoms with E-state index in [1.165, 1.54) is 22.1 Å². The Morgan fingerprint density at radius 1 is 0.947 bits per heavy atom. The lowest BCUT2D eigenvalue weighted by Gasteiger charge is -2.09. The molecule has 0 saturated carbocycles. The van der Waals surface area contributed by atoms with Crippen LogP contribution in [0.5, 0.6) is 0 Å². The van der Waals surface area contributed by atoms with E-state index in [4.69, 9.17) is 4.98 Å². The third-order valence-corrected chi connectivity index (χ3v) is 3.50. The van der Waals surface area contributed by atoms with Gasteiger partial charge in [0, 0.05) is 10.9 Å². The highest BCUT2D eigenvalue weighted by atomic mass is 14.7. The Hall–Kier alpha value is -2.15. The molecule has 0 aliphatic heterocycles. The molecule has 0 aliphatic rings. The van der Waals surface area contributed by atoms with Crippen molar-refractivity contribution in [3.63, 3.8) is 0 Å². The molecular weight excluding hydrogens is 230 g/mol. The quantitative estimate of drug-likeness (QED) is 0.635. The Bertz CT molecular complexity index is 714. The highest BCUT2D eigenvalue weighted by molar-refractivity contribution is 5.85. The van der Waals surface area contributed by atoms with Crippen molar-refractivity contribution >= 4 is 10.9 Å². The zero-order valence-electron chi connectivity index (χ0n) is 11.4. The number of aryl methyl sites for hydroxylation is 2. The van der Waals surface area contributed by atoms with Gasteiger partial charge in [-0.2, -0.15) is 0 Å². The topological polar surface area (TPSA) is 12.9 Å². The molecule has 1 heterocycles. The first-order valence-corrected chi connectivity index (χ1v) is 6.73. The van der Waals surface area contributed by atoms with Crippen molar-refractivity contribution in [1.82, 2.24) is 4.98 Å². The second-order valence-electron chi connectivity index (χ2n) is 4.91. The number of nitrogens with zero attached hydrogens (tertiary/aromatic N) is 1. The van der Waals surface area contributed by atoms with Gasteiger partial charge in [0.2, 0.25) is 0 Å². The van der Waals surface area contributed by atoms with Gasteiger partial charge in [0.25, 0.3) is 0 Å². The summed E-state index contributed by atoms with van der Waals surface area (Å²) in [5.74, 6) is 0. The molecule has 0 unspecified atom stereocenters. The summed E-state index contributed by atoms with van der Waals surface area (Å²) in [6.45, 7) is 4.33. The second kappa shape index (κ2) is 4.85. The van der Waals surface area contributed by atoms with Crippen molar-refractivity contribution < 1.29 is 0 Å². The van der Waals surface area contributed by atoms with Crippen LogP contribution in [0, 0.1) is 6.92 Å². The maximum Gasteiger partial charge on any atom is 0.0712 e. The van der Waals surface area contributed by atoms with Crippen LogP contribution in [0.3, 0.4) is 0 Å². The summed E-state index contributed by atoms with van der Waals surface area (Å²) in [6, 6.07) is 19.1. The van der Waals surface area contributed by atoms with Gasteiger partial charge in [-0.3, -0.25) is 0 Å². The predicted molar refractivity (Wildman–Crippen MR) is 81.3 cm³/mol. The lowest BCUT2D eigenvalue weighted by atomic mass is 10.0. The Labute approximate surface area is 113 Å². The summed E-state index contributed by atoms with van der Waals surface area (Å²) >= 11 is 0. The molecule has 0 atom stereocenters. The van der Waals surface area contributed by atoms with E-state index in [1.54, 1.807) is 0 Å². The Morgan fingerprint density at radius 2 is 1.74 bits per heavy atom. The maximum atomic E-state index is 4.80. The molecule has 0 fully saturated rings. The molecule has 3 rings (SSSR count). The lowest BCUT2D eigenvalue weighted by molar-refractivity contribution is 1.15. The van der Waals surface area contributed by atoms with Gasteiger partial charge in [-0.25, -0.2) is 4.98 Å². The standard InChI is InChI=1S/C18H17N/c1-3-14-12-18(15-7-5-4-6-8-15)19-17-10-9-13(2)11-16(14)17/h4-12H,3H2,1-2H3. The SMILES string of the molecule is CCc1cc(-c2ccccc2)nc2ccc(C)cc12. The molecule has 0 spiro atoms. The fourth-order valence-corrected chi connectivity index (χ4v) is 2.46. The van der Waals surface area contributed by atoms with E-state index in [0.717, 1.165) is 17.6 Å². The Kier molecular flexibility index (Phi) is 3.04. The monoisotopic (exact) mass is 247 g/mol. The smallest absolute Gasteiger partial charge is 0.0712 e. The van der Waals surface area contributed by atoms with E-state index in [0.29, 0.717) is 0 Å². The summed E-state index contributed by atoms with van der Waals surface area (Å²) in [6.07, 6.45) is 1.03. The van der Waals surface area contributed by atoms with E-state index >= 15 is 0 Å². The van der Waals surface area contributed by atoms with E-state index in [2.05, 4.69) is 62.4 Å². The molecule has 0 saturated heterocycles. The number of rotatable bonds is 2. The lowest BCUT2D eigenvalue weighted by Crippen LogP contribution is -1.92. The molecule has 1 heteroatoms. The van der Waals surface area contributed by atoms with Gasteiger partial charge in [0.05, 0.1) is 11.2 Å². The normalized spacial score (nSPS) is 10.8. The molecule has 0 aliphatic carbocycles. The number of hydrogen-bond acceptors (Lipinski definition) is 1. The van der Waals surface area contributed by atoms with Gasteiger partial charge < -0.3 is 0 Å². The number of benzene rings is 2. The Balaban J connectivity index is 2.26. The third-order valence-electron chi connectivity index (χ3n) is 3.50. The van der Waals surface area contributed by atoms with Crippen LogP contribution in [0.4, 0.5) is 0 Å². The number of pyridine rings is 1. The minimum atomic E-state index is 1.03. The summed E-state index contributed by atoms with van der Waals surface area (Å²) in [4.78, 5) is 4.80. The van der Waals surface area contributed by atoms with Gasteiger partial charge in [-0.15, -0.1) is 0 Å². The molecular formula is C18H17N. The van der Waals surface area contributed by atoms with E-state index in [-0.39, 0.29) is 0 Å². The molecule has 0 amide bonds. The van der Waals surface area contributed by atoms with Gasteiger partial charge in [0.15, 0.2) is 0 Å². The molecule has 0 bridgehead atoms. The third kappa shape index (κ3) is 2.24. The van der Waals surface area contributed by atoms with Crippen molar-refractivity contribution in [3.05, 3.63) is 65.7 Å². The average Bonchev–Trinajstić information content (AvgIpc) is 2.47. The van der Waals surface area contributed by atoms with Crippen LogP contribution in [0.1, 0.15) is 18.1 Å². The Morgan fingerprint density at radius 3 is 2.47 bits per heavy atom. The van der Waals surface area contributed by atoms with Crippen molar-refractivity contribution in [2.75, 3.05) is 0 Å². The summed E-state index contributed by atoms with van der Waals surface area (Å²) in [5.41, 5.74) is 5.99. The average molecular weight is 247 g/mol. The molecule has 0 radical (unpaired) electrons. The second-order valence-corrected chi connectivity index (χ2v) is 4.91. The molecule has 2 aromatic carbocycles. The van der Waals surface area contributed by atoms with Crippen molar-refractivity contribution in [3.8, 4) is 11.3 Å². The van der Waals surface area contributed by atoms with Crippen molar-refractivity contribution in [1.29, 1.82) is 0 Å².